The topological polar surface area (TPSA) is 88.9 Å². The first-order valence-electron chi connectivity index (χ1n) is 9.26. The van der Waals surface area contributed by atoms with Crippen LogP contribution in [-0.2, 0) is 4.79 Å². The number of hydrogen-bond donors (Lipinski definition) is 2. The summed E-state index contributed by atoms with van der Waals surface area (Å²) in [5.74, 6) is -0.475. The molecule has 1 saturated carbocycles. The van der Waals surface area contributed by atoms with Crippen LogP contribution >= 0.6 is 15.9 Å². The standard InChI is InChI=1S/C19H24BrN5O2/c1-3-21-18(27)19(10-5-4-6-11-19)22-17(26)16-13(2)25(24-23-16)15-9-7-8-14(20)12-15/h7-9,12H,3-6,10-11H2,1-2H3,(H,21,27)(H,22,26). The average molecular weight is 434 g/mol. The SMILES string of the molecule is CCNC(=O)C1(NC(=O)c2nnn(-c3cccc(Br)c3)c2C)CCCCC1. The Balaban J connectivity index is 1.86. The lowest BCUT2D eigenvalue weighted by Crippen LogP contribution is -2.59. The van der Waals surface area contributed by atoms with Gasteiger partial charge in [0.15, 0.2) is 5.69 Å². The van der Waals surface area contributed by atoms with Crippen LogP contribution in [0.1, 0.15) is 55.2 Å². The van der Waals surface area contributed by atoms with E-state index in [0.29, 0.717) is 25.1 Å². The molecule has 3 rings (SSSR count). The first-order chi connectivity index (χ1) is 13.0. The van der Waals surface area contributed by atoms with Crippen LogP contribution in [-0.4, -0.2) is 38.9 Å². The average Bonchev–Trinajstić information content (AvgIpc) is 3.04. The molecule has 2 aromatic rings. The van der Waals surface area contributed by atoms with Crippen molar-refractivity contribution in [2.45, 2.75) is 51.5 Å². The summed E-state index contributed by atoms with van der Waals surface area (Å²) >= 11 is 3.44. The van der Waals surface area contributed by atoms with E-state index in [9.17, 15) is 9.59 Å². The number of aromatic nitrogens is 3. The second kappa shape index (κ2) is 8.21. The lowest BCUT2D eigenvalue weighted by molar-refractivity contribution is -0.128. The smallest absolute Gasteiger partial charge is 0.274 e. The zero-order valence-electron chi connectivity index (χ0n) is 15.6. The van der Waals surface area contributed by atoms with E-state index >= 15 is 0 Å². The molecule has 1 aromatic carbocycles. The van der Waals surface area contributed by atoms with Crippen molar-refractivity contribution in [3.63, 3.8) is 0 Å². The Morgan fingerprint density at radius 1 is 1.26 bits per heavy atom. The Hall–Kier alpha value is -2.22. The summed E-state index contributed by atoms with van der Waals surface area (Å²) in [4.78, 5) is 25.6. The summed E-state index contributed by atoms with van der Waals surface area (Å²) in [5.41, 5.74) is 0.818. The second-order valence-electron chi connectivity index (χ2n) is 6.87. The van der Waals surface area contributed by atoms with Gasteiger partial charge >= 0.3 is 0 Å². The second-order valence-corrected chi connectivity index (χ2v) is 7.79. The number of likely N-dealkylation sites (N-methyl/N-ethyl adjacent to an activating group) is 1. The summed E-state index contributed by atoms with van der Waals surface area (Å²) in [5, 5.41) is 14.0. The highest BCUT2D eigenvalue weighted by Gasteiger charge is 2.41. The molecule has 1 aliphatic carbocycles. The maximum Gasteiger partial charge on any atom is 0.274 e. The van der Waals surface area contributed by atoms with Crippen LogP contribution in [0.5, 0.6) is 0 Å². The minimum Gasteiger partial charge on any atom is -0.354 e. The number of amides is 2. The number of nitrogens with one attached hydrogen (secondary N) is 2. The highest BCUT2D eigenvalue weighted by atomic mass is 79.9. The largest absolute Gasteiger partial charge is 0.354 e. The summed E-state index contributed by atoms with van der Waals surface area (Å²) < 4.78 is 2.54. The Morgan fingerprint density at radius 2 is 2.00 bits per heavy atom. The zero-order chi connectivity index (χ0) is 19.4. The van der Waals surface area contributed by atoms with Crippen molar-refractivity contribution < 1.29 is 9.59 Å². The number of rotatable bonds is 5. The van der Waals surface area contributed by atoms with E-state index in [0.717, 1.165) is 29.4 Å². The van der Waals surface area contributed by atoms with Crippen molar-refractivity contribution in [3.05, 3.63) is 40.1 Å². The number of nitrogens with zero attached hydrogens (tertiary/aromatic N) is 3. The van der Waals surface area contributed by atoms with Crippen LogP contribution < -0.4 is 10.6 Å². The number of carbonyl (C=O) groups excluding carboxylic acids is 2. The maximum atomic E-state index is 12.9. The van der Waals surface area contributed by atoms with Crippen LogP contribution in [0, 0.1) is 6.92 Å². The minimum atomic E-state index is -0.864. The Bertz CT molecular complexity index is 842. The minimum absolute atomic E-state index is 0.116. The Kier molecular flexibility index (Phi) is 5.94. The van der Waals surface area contributed by atoms with E-state index in [1.54, 1.807) is 11.6 Å². The first-order valence-corrected chi connectivity index (χ1v) is 10.1. The van der Waals surface area contributed by atoms with Crippen LogP contribution in [0.4, 0.5) is 0 Å². The molecular formula is C19H24BrN5O2. The summed E-state index contributed by atoms with van der Waals surface area (Å²) in [6.45, 7) is 4.22. The van der Waals surface area contributed by atoms with Gasteiger partial charge in [0.2, 0.25) is 5.91 Å². The highest BCUT2D eigenvalue weighted by molar-refractivity contribution is 9.10. The fourth-order valence-electron chi connectivity index (χ4n) is 3.56. The molecule has 0 radical (unpaired) electrons. The lowest BCUT2D eigenvalue weighted by atomic mass is 9.80. The van der Waals surface area contributed by atoms with Gasteiger partial charge in [-0.1, -0.05) is 46.5 Å². The first kappa shape index (κ1) is 19.5. The van der Waals surface area contributed by atoms with Crippen molar-refractivity contribution in [1.82, 2.24) is 25.6 Å². The molecule has 8 heteroatoms. The van der Waals surface area contributed by atoms with Gasteiger partial charge in [0.1, 0.15) is 5.54 Å². The molecule has 1 fully saturated rings. The van der Waals surface area contributed by atoms with E-state index in [-0.39, 0.29) is 17.5 Å². The molecule has 0 saturated heterocycles. The fourth-order valence-corrected chi connectivity index (χ4v) is 3.95. The highest BCUT2D eigenvalue weighted by Crippen LogP contribution is 2.29. The van der Waals surface area contributed by atoms with E-state index in [1.165, 1.54) is 0 Å². The van der Waals surface area contributed by atoms with Gasteiger partial charge in [0, 0.05) is 11.0 Å². The van der Waals surface area contributed by atoms with Gasteiger partial charge in [-0.2, -0.15) is 0 Å². The molecule has 1 heterocycles. The predicted octanol–water partition coefficient (Wildman–Crippen LogP) is 2.91. The molecule has 0 spiro atoms. The molecule has 27 heavy (non-hydrogen) atoms. The monoisotopic (exact) mass is 433 g/mol. The normalized spacial score (nSPS) is 16.0. The van der Waals surface area contributed by atoms with Crippen molar-refractivity contribution in [1.29, 1.82) is 0 Å². The van der Waals surface area contributed by atoms with Gasteiger partial charge in [-0.25, -0.2) is 4.68 Å². The van der Waals surface area contributed by atoms with Crippen LogP contribution in [0.2, 0.25) is 0 Å². The van der Waals surface area contributed by atoms with Crippen LogP contribution in [0.3, 0.4) is 0 Å². The molecule has 0 bridgehead atoms. The van der Waals surface area contributed by atoms with Crippen molar-refractivity contribution in [3.8, 4) is 5.69 Å². The van der Waals surface area contributed by atoms with Gasteiger partial charge in [-0.05, 0) is 44.9 Å². The summed E-state index contributed by atoms with van der Waals surface area (Å²) in [6, 6.07) is 7.61. The number of hydrogen-bond acceptors (Lipinski definition) is 4. The van der Waals surface area contributed by atoms with Gasteiger partial charge in [-0.3, -0.25) is 9.59 Å². The number of halogens is 1. The molecule has 0 atom stereocenters. The van der Waals surface area contributed by atoms with E-state index < -0.39 is 5.54 Å². The Labute approximate surface area is 167 Å². The molecule has 144 valence electrons. The third-order valence-corrected chi connectivity index (χ3v) is 5.49. The zero-order valence-corrected chi connectivity index (χ0v) is 17.2. The van der Waals surface area contributed by atoms with Crippen LogP contribution in [0.15, 0.2) is 28.7 Å². The molecule has 2 amide bonds. The van der Waals surface area contributed by atoms with E-state index in [2.05, 4.69) is 36.9 Å². The van der Waals surface area contributed by atoms with E-state index in [1.807, 2.05) is 31.2 Å². The molecule has 0 unspecified atom stereocenters. The van der Waals surface area contributed by atoms with Crippen molar-refractivity contribution in [2.75, 3.05) is 6.54 Å². The number of benzene rings is 1. The third kappa shape index (κ3) is 4.05. The van der Waals surface area contributed by atoms with Crippen LogP contribution in [0.25, 0.3) is 5.69 Å². The van der Waals surface area contributed by atoms with Gasteiger partial charge in [-0.15, -0.1) is 5.10 Å². The summed E-state index contributed by atoms with van der Waals surface area (Å²) in [7, 11) is 0. The molecule has 1 aliphatic rings. The molecule has 1 aromatic heterocycles. The fraction of sp³-hybridized carbons (Fsp3) is 0.474. The Morgan fingerprint density at radius 3 is 2.67 bits per heavy atom. The molecule has 0 aliphatic heterocycles. The number of carbonyl (C=O) groups is 2. The van der Waals surface area contributed by atoms with E-state index in [4.69, 9.17) is 0 Å². The van der Waals surface area contributed by atoms with Crippen molar-refractivity contribution in [2.24, 2.45) is 0 Å². The maximum absolute atomic E-state index is 12.9. The van der Waals surface area contributed by atoms with Gasteiger partial charge in [0.05, 0.1) is 11.4 Å². The third-order valence-electron chi connectivity index (χ3n) is 4.99. The quantitative estimate of drug-likeness (QED) is 0.758. The van der Waals surface area contributed by atoms with Gasteiger partial charge in [0.25, 0.3) is 5.91 Å². The van der Waals surface area contributed by atoms with Crippen molar-refractivity contribution >= 4 is 27.7 Å². The molecule has 2 N–H and O–H groups in total. The summed E-state index contributed by atoms with van der Waals surface area (Å²) in [6.07, 6.45) is 4.20. The molecular weight excluding hydrogens is 410 g/mol. The molecule has 7 nitrogen and oxygen atoms in total. The predicted molar refractivity (Wildman–Crippen MR) is 106 cm³/mol. The van der Waals surface area contributed by atoms with Gasteiger partial charge < -0.3 is 10.6 Å². The lowest BCUT2D eigenvalue weighted by Gasteiger charge is -2.36.